The van der Waals surface area contributed by atoms with Gasteiger partial charge in [0.05, 0.1) is 28.6 Å². The molecule has 0 bridgehead atoms. The van der Waals surface area contributed by atoms with E-state index in [2.05, 4.69) is 76.7 Å². The van der Waals surface area contributed by atoms with E-state index in [4.69, 9.17) is 5.26 Å². The van der Waals surface area contributed by atoms with Gasteiger partial charge in [-0.1, -0.05) is 54.1 Å². The summed E-state index contributed by atoms with van der Waals surface area (Å²) in [6.45, 7) is 6.78. The number of nitrogens with zero attached hydrogens (tertiary/aromatic N) is 2. The minimum atomic E-state index is -1.17. The zero-order chi connectivity index (χ0) is 22.6. The molecule has 0 radical (unpaired) electrons. The van der Waals surface area contributed by atoms with Gasteiger partial charge in [-0.2, -0.15) is 5.26 Å². The molecule has 31 heavy (non-hydrogen) atoms. The number of piperazine rings is 1. The number of aliphatic hydroxyl groups is 1. The van der Waals surface area contributed by atoms with E-state index in [0.717, 1.165) is 31.2 Å². The van der Waals surface area contributed by atoms with Crippen LogP contribution >= 0.6 is 15.9 Å². The van der Waals surface area contributed by atoms with Crippen LogP contribution in [0.2, 0.25) is 0 Å². The molecular formula is C25H33BrN4O. The van der Waals surface area contributed by atoms with Crippen molar-refractivity contribution in [2.75, 3.05) is 13.6 Å². The first-order valence-corrected chi connectivity index (χ1v) is 11.9. The summed E-state index contributed by atoms with van der Waals surface area (Å²) in [5, 5.41) is 27.2. The van der Waals surface area contributed by atoms with E-state index in [9.17, 15) is 5.11 Å². The van der Waals surface area contributed by atoms with Crippen LogP contribution in [-0.2, 0) is 5.72 Å². The Morgan fingerprint density at radius 1 is 1.39 bits per heavy atom. The van der Waals surface area contributed by atoms with E-state index >= 15 is 0 Å². The number of nitriles is 1. The second kappa shape index (κ2) is 9.60. The summed E-state index contributed by atoms with van der Waals surface area (Å²) in [5.41, 5.74) is 3.64. The Kier molecular flexibility index (Phi) is 7.31. The van der Waals surface area contributed by atoms with Gasteiger partial charge in [-0.15, -0.1) is 0 Å². The lowest BCUT2D eigenvalue weighted by Crippen LogP contribution is -2.57. The summed E-state index contributed by atoms with van der Waals surface area (Å²) in [7, 11) is 2.15. The number of allylic oxidation sites excluding steroid dienone is 3. The van der Waals surface area contributed by atoms with Gasteiger partial charge in [0, 0.05) is 24.1 Å². The molecule has 1 aromatic rings. The Morgan fingerprint density at radius 3 is 2.71 bits per heavy atom. The highest BCUT2D eigenvalue weighted by Gasteiger charge is 2.41. The third-order valence-electron chi connectivity index (χ3n) is 6.35. The Balaban J connectivity index is 1.79. The maximum absolute atomic E-state index is 11.0. The van der Waals surface area contributed by atoms with Gasteiger partial charge >= 0.3 is 0 Å². The average Bonchev–Trinajstić information content (AvgIpc) is 2.77. The molecule has 6 heteroatoms. The molecule has 1 heterocycles. The molecule has 1 aromatic carbocycles. The Hall–Kier alpha value is -2.07. The fourth-order valence-electron chi connectivity index (χ4n) is 4.50. The SMILES string of the molecule is CC/C=C1\N(C)C2=CC(Br)CC=C2NC1(CC)CCNC(C)(O)c1ccc(C#N)cc1. The monoisotopic (exact) mass is 484 g/mol. The fraction of sp³-hybridized carbons (Fsp3) is 0.480. The van der Waals surface area contributed by atoms with Gasteiger partial charge < -0.3 is 15.3 Å². The lowest BCUT2D eigenvalue weighted by molar-refractivity contribution is 0.0178. The maximum atomic E-state index is 11.0. The van der Waals surface area contributed by atoms with Gasteiger partial charge in [-0.3, -0.25) is 5.32 Å². The van der Waals surface area contributed by atoms with Crippen LogP contribution in [0.15, 0.2) is 59.6 Å². The molecule has 0 amide bonds. The number of likely N-dealkylation sites (N-methyl/N-ethyl adjacent to an activating group) is 1. The highest BCUT2D eigenvalue weighted by molar-refractivity contribution is 9.09. The second-order valence-electron chi connectivity index (χ2n) is 8.48. The van der Waals surface area contributed by atoms with Crippen molar-refractivity contribution in [1.29, 1.82) is 5.26 Å². The molecule has 3 unspecified atom stereocenters. The zero-order valence-corrected chi connectivity index (χ0v) is 20.5. The van der Waals surface area contributed by atoms with E-state index in [0.29, 0.717) is 16.9 Å². The average molecular weight is 485 g/mol. The maximum Gasteiger partial charge on any atom is 0.139 e. The fourth-order valence-corrected chi connectivity index (χ4v) is 4.93. The molecule has 166 valence electrons. The number of rotatable bonds is 7. The van der Waals surface area contributed by atoms with Crippen LogP contribution < -0.4 is 10.6 Å². The normalized spacial score (nSPS) is 26.3. The number of benzene rings is 1. The van der Waals surface area contributed by atoms with E-state index < -0.39 is 5.72 Å². The third kappa shape index (κ3) is 4.90. The van der Waals surface area contributed by atoms with Gasteiger partial charge in [0.15, 0.2) is 0 Å². The number of alkyl halides is 1. The van der Waals surface area contributed by atoms with Crippen molar-refractivity contribution in [3.8, 4) is 6.07 Å². The highest BCUT2D eigenvalue weighted by atomic mass is 79.9. The molecule has 1 saturated heterocycles. The first kappa shape index (κ1) is 23.6. The number of halogens is 1. The van der Waals surface area contributed by atoms with Crippen LogP contribution in [-0.4, -0.2) is 34.0 Å². The Morgan fingerprint density at radius 2 is 2.10 bits per heavy atom. The Labute approximate surface area is 194 Å². The summed E-state index contributed by atoms with van der Waals surface area (Å²) in [4.78, 5) is 2.68. The molecule has 0 saturated carbocycles. The molecule has 0 aromatic heterocycles. The number of hydrogen-bond acceptors (Lipinski definition) is 5. The van der Waals surface area contributed by atoms with E-state index in [1.54, 1.807) is 31.2 Å². The molecule has 1 aliphatic heterocycles. The molecule has 1 aliphatic carbocycles. The van der Waals surface area contributed by atoms with Crippen molar-refractivity contribution in [2.45, 2.75) is 62.5 Å². The van der Waals surface area contributed by atoms with Crippen molar-refractivity contribution in [1.82, 2.24) is 15.5 Å². The van der Waals surface area contributed by atoms with Crippen LogP contribution in [0.25, 0.3) is 0 Å². The van der Waals surface area contributed by atoms with Crippen LogP contribution in [0.3, 0.4) is 0 Å². The molecule has 3 rings (SSSR count). The van der Waals surface area contributed by atoms with E-state index in [1.807, 2.05) is 0 Å². The van der Waals surface area contributed by atoms with Crippen LogP contribution in [0.5, 0.6) is 0 Å². The van der Waals surface area contributed by atoms with E-state index in [1.165, 1.54) is 17.1 Å². The summed E-state index contributed by atoms with van der Waals surface area (Å²) < 4.78 is 0. The van der Waals surface area contributed by atoms with Gasteiger partial charge in [-0.25, -0.2) is 0 Å². The van der Waals surface area contributed by atoms with Gasteiger partial charge in [0.1, 0.15) is 5.72 Å². The standard InChI is InChI=1S/C25H33BrN4O/c1-5-7-23-25(6-2,29-21-13-12-20(26)16-22(21)30(23)4)14-15-28-24(3,31)19-10-8-18(17-27)9-11-19/h7-11,13,16,20,28-29,31H,5-6,12,14-15H2,1-4H3/b23-7-. The largest absolute Gasteiger partial charge is 0.373 e. The predicted octanol–water partition coefficient (Wildman–Crippen LogP) is 4.62. The minimum Gasteiger partial charge on any atom is -0.373 e. The smallest absolute Gasteiger partial charge is 0.139 e. The van der Waals surface area contributed by atoms with Crippen molar-refractivity contribution >= 4 is 15.9 Å². The van der Waals surface area contributed by atoms with Crippen molar-refractivity contribution in [3.63, 3.8) is 0 Å². The molecule has 3 atom stereocenters. The molecular weight excluding hydrogens is 452 g/mol. The predicted molar refractivity (Wildman–Crippen MR) is 129 cm³/mol. The summed E-state index contributed by atoms with van der Waals surface area (Å²) in [6.07, 6.45) is 10.6. The first-order chi connectivity index (χ1) is 14.8. The van der Waals surface area contributed by atoms with Crippen molar-refractivity contribution < 1.29 is 5.11 Å². The highest BCUT2D eigenvalue weighted by Crippen LogP contribution is 2.40. The zero-order valence-electron chi connectivity index (χ0n) is 18.9. The first-order valence-electron chi connectivity index (χ1n) is 11.0. The van der Waals surface area contributed by atoms with Crippen molar-refractivity contribution in [2.24, 2.45) is 0 Å². The molecule has 5 nitrogen and oxygen atoms in total. The van der Waals surface area contributed by atoms with Crippen molar-refractivity contribution in [3.05, 3.63) is 70.7 Å². The minimum absolute atomic E-state index is 0.208. The van der Waals surface area contributed by atoms with Gasteiger partial charge in [0.25, 0.3) is 0 Å². The third-order valence-corrected chi connectivity index (χ3v) is 6.99. The van der Waals surface area contributed by atoms with Crippen LogP contribution in [0.1, 0.15) is 57.6 Å². The number of fused-ring (bicyclic) bond motifs is 1. The molecule has 1 fully saturated rings. The summed E-state index contributed by atoms with van der Waals surface area (Å²) in [5.74, 6) is 0. The van der Waals surface area contributed by atoms with Gasteiger partial charge in [0.2, 0.25) is 0 Å². The number of nitrogens with one attached hydrogen (secondary N) is 2. The topological polar surface area (TPSA) is 71.3 Å². The Bertz CT molecular complexity index is 926. The molecule has 3 N–H and O–H groups in total. The quantitative estimate of drug-likeness (QED) is 0.389. The van der Waals surface area contributed by atoms with Crippen LogP contribution in [0.4, 0.5) is 0 Å². The summed E-state index contributed by atoms with van der Waals surface area (Å²) in [6, 6.07) is 9.19. The lowest BCUT2D eigenvalue weighted by atomic mass is 9.82. The molecule has 2 aliphatic rings. The lowest BCUT2D eigenvalue weighted by Gasteiger charge is -2.49. The molecule has 0 spiro atoms. The number of hydrogen-bond donors (Lipinski definition) is 3. The van der Waals surface area contributed by atoms with Crippen LogP contribution in [0, 0.1) is 11.3 Å². The van der Waals surface area contributed by atoms with E-state index in [-0.39, 0.29) is 5.54 Å². The second-order valence-corrected chi connectivity index (χ2v) is 9.65. The van der Waals surface area contributed by atoms with Gasteiger partial charge in [-0.05, 0) is 56.4 Å². The summed E-state index contributed by atoms with van der Waals surface area (Å²) >= 11 is 3.73.